The van der Waals surface area contributed by atoms with Crippen LogP contribution in [0.1, 0.15) is 44.9 Å². The first kappa shape index (κ1) is 14.2. The van der Waals surface area contributed by atoms with Crippen molar-refractivity contribution < 1.29 is 4.79 Å². The molecule has 0 heterocycles. The fraction of sp³-hybridized carbons (Fsp3) is 0.929. The van der Waals surface area contributed by atoms with Crippen molar-refractivity contribution in [2.75, 3.05) is 12.8 Å². The van der Waals surface area contributed by atoms with Gasteiger partial charge < -0.3 is 11.1 Å². The average molecular weight is 270 g/mol. The molecule has 18 heavy (non-hydrogen) atoms. The van der Waals surface area contributed by atoms with Crippen molar-refractivity contribution in [3.8, 4) is 0 Å². The summed E-state index contributed by atoms with van der Waals surface area (Å²) in [5.74, 6) is 1.20. The number of rotatable bonds is 4. The van der Waals surface area contributed by atoms with E-state index < -0.39 is 0 Å². The van der Waals surface area contributed by atoms with E-state index in [0.717, 1.165) is 38.6 Å². The van der Waals surface area contributed by atoms with Crippen molar-refractivity contribution >= 4 is 17.7 Å². The van der Waals surface area contributed by atoms with Crippen molar-refractivity contribution in [3.63, 3.8) is 0 Å². The van der Waals surface area contributed by atoms with E-state index >= 15 is 0 Å². The van der Waals surface area contributed by atoms with E-state index in [4.69, 9.17) is 5.73 Å². The SMILES string of the molecule is CSC1CCCC1NC(=O)C1CCC(CN)CC1. The molecular weight excluding hydrogens is 244 g/mol. The van der Waals surface area contributed by atoms with Gasteiger partial charge in [-0.1, -0.05) is 6.42 Å². The maximum Gasteiger partial charge on any atom is 0.223 e. The number of carbonyl (C=O) groups excluding carboxylic acids is 1. The molecule has 2 saturated carbocycles. The molecule has 0 saturated heterocycles. The predicted molar refractivity (Wildman–Crippen MR) is 77.6 cm³/mol. The largest absolute Gasteiger partial charge is 0.352 e. The average Bonchev–Trinajstić information content (AvgIpc) is 2.86. The fourth-order valence-electron chi connectivity index (χ4n) is 3.33. The molecule has 0 radical (unpaired) electrons. The third kappa shape index (κ3) is 3.41. The molecule has 2 unspecified atom stereocenters. The summed E-state index contributed by atoms with van der Waals surface area (Å²) in [5, 5.41) is 3.93. The lowest BCUT2D eigenvalue weighted by Crippen LogP contribution is -2.43. The fourth-order valence-corrected chi connectivity index (χ4v) is 4.27. The standard InChI is InChI=1S/C14H26N2OS/c1-18-13-4-2-3-12(13)16-14(17)11-7-5-10(9-15)6-8-11/h10-13H,2-9,15H2,1H3,(H,16,17). The van der Waals surface area contributed by atoms with Crippen LogP contribution in [0.2, 0.25) is 0 Å². The van der Waals surface area contributed by atoms with Gasteiger partial charge in [-0.25, -0.2) is 0 Å². The summed E-state index contributed by atoms with van der Waals surface area (Å²) in [5.41, 5.74) is 5.69. The number of hydrogen-bond donors (Lipinski definition) is 2. The zero-order chi connectivity index (χ0) is 13.0. The number of nitrogens with two attached hydrogens (primary N) is 1. The molecular formula is C14H26N2OS. The third-order valence-electron chi connectivity index (χ3n) is 4.63. The zero-order valence-electron chi connectivity index (χ0n) is 11.4. The first-order valence-corrected chi connectivity index (χ1v) is 8.56. The molecule has 0 aliphatic heterocycles. The van der Waals surface area contributed by atoms with E-state index in [1.165, 1.54) is 12.8 Å². The predicted octanol–water partition coefficient (Wildman–Crippen LogP) is 2.15. The Labute approximate surface area is 115 Å². The van der Waals surface area contributed by atoms with Gasteiger partial charge in [-0.05, 0) is 57.2 Å². The Kier molecular flexibility index (Phi) is 5.37. The molecule has 0 spiro atoms. The molecule has 2 aliphatic rings. The highest BCUT2D eigenvalue weighted by atomic mass is 32.2. The van der Waals surface area contributed by atoms with Crippen molar-refractivity contribution in [2.45, 2.75) is 56.2 Å². The van der Waals surface area contributed by atoms with Crippen LogP contribution in [0.3, 0.4) is 0 Å². The van der Waals surface area contributed by atoms with Crippen LogP contribution in [0.4, 0.5) is 0 Å². The van der Waals surface area contributed by atoms with E-state index in [1.807, 2.05) is 11.8 Å². The molecule has 1 amide bonds. The molecule has 0 bridgehead atoms. The maximum atomic E-state index is 12.3. The number of thioether (sulfide) groups is 1. The molecule has 2 fully saturated rings. The Morgan fingerprint density at radius 3 is 2.56 bits per heavy atom. The monoisotopic (exact) mass is 270 g/mol. The highest BCUT2D eigenvalue weighted by Gasteiger charge is 2.31. The molecule has 4 heteroatoms. The Balaban J connectivity index is 1.78. The van der Waals surface area contributed by atoms with Gasteiger partial charge in [0.2, 0.25) is 5.91 Å². The van der Waals surface area contributed by atoms with Crippen LogP contribution in [0, 0.1) is 11.8 Å². The molecule has 3 N–H and O–H groups in total. The van der Waals surface area contributed by atoms with Crippen LogP contribution in [0.25, 0.3) is 0 Å². The van der Waals surface area contributed by atoms with Gasteiger partial charge in [0.25, 0.3) is 0 Å². The van der Waals surface area contributed by atoms with Crippen molar-refractivity contribution in [3.05, 3.63) is 0 Å². The van der Waals surface area contributed by atoms with E-state index in [-0.39, 0.29) is 5.92 Å². The first-order valence-electron chi connectivity index (χ1n) is 7.27. The van der Waals surface area contributed by atoms with Gasteiger partial charge in [-0.2, -0.15) is 11.8 Å². The second kappa shape index (κ2) is 6.80. The Morgan fingerprint density at radius 2 is 1.94 bits per heavy atom. The molecule has 0 aromatic rings. The van der Waals surface area contributed by atoms with Gasteiger partial charge in [0.1, 0.15) is 0 Å². The minimum absolute atomic E-state index is 0.246. The minimum atomic E-state index is 0.246. The second-order valence-corrected chi connectivity index (χ2v) is 6.85. The summed E-state index contributed by atoms with van der Waals surface area (Å²) in [7, 11) is 0. The highest BCUT2D eigenvalue weighted by Crippen LogP contribution is 2.31. The van der Waals surface area contributed by atoms with Crippen molar-refractivity contribution in [1.82, 2.24) is 5.32 Å². The Bertz CT molecular complexity index is 277. The highest BCUT2D eigenvalue weighted by molar-refractivity contribution is 7.99. The second-order valence-electron chi connectivity index (χ2n) is 5.77. The van der Waals surface area contributed by atoms with Gasteiger partial charge in [-0.3, -0.25) is 4.79 Å². The summed E-state index contributed by atoms with van der Waals surface area (Å²) in [6.07, 6.45) is 10.2. The van der Waals surface area contributed by atoms with Crippen LogP contribution in [0.5, 0.6) is 0 Å². The molecule has 2 atom stereocenters. The smallest absolute Gasteiger partial charge is 0.223 e. The van der Waals surface area contributed by atoms with E-state index in [1.54, 1.807) is 0 Å². The summed E-state index contributed by atoms with van der Waals surface area (Å²) in [6.45, 7) is 0.783. The van der Waals surface area contributed by atoms with E-state index in [9.17, 15) is 4.79 Å². The molecule has 2 rings (SSSR count). The molecule has 0 aromatic carbocycles. The van der Waals surface area contributed by atoms with Crippen LogP contribution in [-0.2, 0) is 4.79 Å². The number of carbonyl (C=O) groups is 1. The van der Waals surface area contributed by atoms with E-state index in [0.29, 0.717) is 23.1 Å². The number of nitrogens with one attached hydrogen (secondary N) is 1. The minimum Gasteiger partial charge on any atom is -0.352 e. The van der Waals surface area contributed by atoms with Crippen LogP contribution < -0.4 is 11.1 Å². The zero-order valence-corrected chi connectivity index (χ0v) is 12.2. The lowest BCUT2D eigenvalue weighted by molar-refractivity contribution is -0.126. The van der Waals surface area contributed by atoms with Crippen LogP contribution in [-0.4, -0.2) is 30.0 Å². The lowest BCUT2D eigenvalue weighted by atomic mass is 9.81. The molecule has 104 valence electrons. The Morgan fingerprint density at radius 1 is 1.22 bits per heavy atom. The van der Waals surface area contributed by atoms with E-state index in [2.05, 4.69) is 11.6 Å². The molecule has 3 nitrogen and oxygen atoms in total. The third-order valence-corrected chi connectivity index (χ3v) is 5.80. The Hall–Kier alpha value is -0.220. The summed E-state index contributed by atoms with van der Waals surface area (Å²) in [4.78, 5) is 12.3. The summed E-state index contributed by atoms with van der Waals surface area (Å²) < 4.78 is 0. The van der Waals surface area contributed by atoms with Gasteiger partial charge in [0.15, 0.2) is 0 Å². The first-order chi connectivity index (χ1) is 8.74. The normalized spacial score (nSPS) is 36.6. The lowest BCUT2D eigenvalue weighted by Gasteiger charge is -2.28. The topological polar surface area (TPSA) is 55.1 Å². The van der Waals surface area contributed by atoms with Gasteiger partial charge >= 0.3 is 0 Å². The molecule has 2 aliphatic carbocycles. The van der Waals surface area contributed by atoms with Crippen LogP contribution in [0.15, 0.2) is 0 Å². The number of hydrogen-bond acceptors (Lipinski definition) is 3. The maximum absolute atomic E-state index is 12.3. The van der Waals surface area contributed by atoms with Crippen molar-refractivity contribution in [1.29, 1.82) is 0 Å². The summed E-state index contributed by atoms with van der Waals surface area (Å²) in [6, 6.07) is 0.416. The quantitative estimate of drug-likeness (QED) is 0.823. The molecule has 0 aromatic heterocycles. The van der Waals surface area contributed by atoms with Gasteiger partial charge in [0, 0.05) is 17.2 Å². The van der Waals surface area contributed by atoms with Crippen molar-refractivity contribution in [2.24, 2.45) is 17.6 Å². The summed E-state index contributed by atoms with van der Waals surface area (Å²) >= 11 is 1.90. The number of amides is 1. The van der Waals surface area contributed by atoms with Gasteiger partial charge in [0.05, 0.1) is 0 Å². The van der Waals surface area contributed by atoms with Crippen LogP contribution >= 0.6 is 11.8 Å². The van der Waals surface area contributed by atoms with Gasteiger partial charge in [-0.15, -0.1) is 0 Å².